The lowest BCUT2D eigenvalue weighted by atomic mass is 10.1. The number of carbonyl (C=O) groups is 1. The summed E-state index contributed by atoms with van der Waals surface area (Å²) in [5.74, 6) is -0.261. The van der Waals surface area contributed by atoms with E-state index in [9.17, 15) is 19.4 Å². The molecule has 0 saturated heterocycles. The smallest absolute Gasteiger partial charge is 0.268 e. The number of quaternary nitrogens is 1. The summed E-state index contributed by atoms with van der Waals surface area (Å²) in [5.41, 5.74) is 0. The van der Waals surface area contributed by atoms with Crippen molar-refractivity contribution in [3.8, 4) is 0 Å². The van der Waals surface area contributed by atoms with E-state index in [4.69, 9.17) is 9.05 Å². The second-order valence-corrected chi connectivity index (χ2v) is 15.0. The predicted octanol–water partition coefficient (Wildman–Crippen LogP) is 9.05. The molecule has 0 aromatic heterocycles. The van der Waals surface area contributed by atoms with E-state index >= 15 is 0 Å². The second-order valence-electron chi connectivity index (χ2n) is 13.5. The van der Waals surface area contributed by atoms with Crippen LogP contribution in [0.15, 0.2) is 72.9 Å². The summed E-state index contributed by atoms with van der Waals surface area (Å²) in [6, 6.07) is -0.916. The fourth-order valence-electron chi connectivity index (χ4n) is 4.65. The van der Waals surface area contributed by atoms with Crippen molar-refractivity contribution in [1.29, 1.82) is 0 Å². The molecule has 8 nitrogen and oxygen atoms in total. The lowest BCUT2D eigenvalue weighted by molar-refractivity contribution is -0.870. The molecule has 3 atom stereocenters. The van der Waals surface area contributed by atoms with Crippen molar-refractivity contribution in [2.75, 3.05) is 40.9 Å². The van der Waals surface area contributed by atoms with Crippen molar-refractivity contribution in [2.24, 2.45) is 0 Å². The Bertz CT molecular complexity index is 1030. The van der Waals surface area contributed by atoms with E-state index in [1.165, 1.54) is 38.5 Å². The molecule has 0 heterocycles. The number of likely N-dealkylation sites (N-methyl/N-ethyl adjacent to an activating group) is 1. The molecule has 0 rings (SSSR count). The normalized spacial score (nSPS) is 15.5. The summed E-state index contributed by atoms with van der Waals surface area (Å²) < 4.78 is 23.0. The van der Waals surface area contributed by atoms with Crippen LogP contribution in [0.5, 0.6) is 0 Å². The summed E-state index contributed by atoms with van der Waals surface area (Å²) in [4.78, 5) is 25.1. The van der Waals surface area contributed by atoms with Gasteiger partial charge in [0.2, 0.25) is 5.91 Å². The maximum absolute atomic E-state index is 12.7. The number of unbranched alkanes of at least 4 members (excludes halogenated alkanes) is 9. The minimum absolute atomic E-state index is 0.0157. The van der Waals surface area contributed by atoms with Crippen LogP contribution < -0.4 is 10.2 Å². The lowest BCUT2D eigenvalue weighted by Gasteiger charge is -2.29. The Balaban J connectivity index is 4.65. The molecule has 0 saturated carbocycles. The number of nitrogens with one attached hydrogen (secondary N) is 1. The van der Waals surface area contributed by atoms with Crippen LogP contribution in [0.1, 0.15) is 123 Å². The summed E-state index contributed by atoms with van der Waals surface area (Å²) in [5, 5.41) is 13.6. The minimum Gasteiger partial charge on any atom is -0.756 e. The number of aliphatic hydroxyl groups excluding tert-OH is 1. The van der Waals surface area contributed by atoms with Crippen LogP contribution in [0, 0.1) is 0 Å². The molecule has 0 aromatic carbocycles. The van der Waals surface area contributed by atoms with Gasteiger partial charge >= 0.3 is 0 Å². The number of nitrogens with zero attached hydrogens (tertiary/aromatic N) is 1. The molecular formula is C40H71N2O6P. The van der Waals surface area contributed by atoms with E-state index in [0.29, 0.717) is 17.4 Å². The number of amides is 1. The van der Waals surface area contributed by atoms with Crippen LogP contribution in [-0.4, -0.2) is 68.5 Å². The Morgan fingerprint density at radius 1 is 0.735 bits per heavy atom. The van der Waals surface area contributed by atoms with Gasteiger partial charge < -0.3 is 28.8 Å². The van der Waals surface area contributed by atoms with Gasteiger partial charge in [-0.25, -0.2) is 0 Å². The van der Waals surface area contributed by atoms with Crippen LogP contribution in [0.25, 0.3) is 0 Å². The van der Waals surface area contributed by atoms with E-state index in [2.05, 4.69) is 79.9 Å². The van der Waals surface area contributed by atoms with Gasteiger partial charge in [-0.15, -0.1) is 0 Å². The van der Waals surface area contributed by atoms with Crippen molar-refractivity contribution in [2.45, 2.75) is 135 Å². The van der Waals surface area contributed by atoms with E-state index in [1.54, 1.807) is 6.08 Å². The minimum atomic E-state index is -4.60. The first-order valence-electron chi connectivity index (χ1n) is 18.8. The standard InChI is InChI=1S/C40H71N2O6P/c1-6-8-10-12-14-16-18-19-20-21-22-23-24-26-28-30-32-34-40(44)41-38(37-48-49(45,46)47-36-35-42(3,4)5)39(43)33-31-29-27-25-17-15-13-11-9-7-2/h8,10,14,16,19-20,22-23,26,28,31,33,38-39,43H,6-7,9,11-13,15,17-18,21,24-25,27,29-30,32,34-37H2,1-5H3,(H-,41,44,45,46)/b10-8-,16-14-,20-19-,23-22-,28-26-,33-31+. The van der Waals surface area contributed by atoms with Gasteiger partial charge in [0.15, 0.2) is 0 Å². The van der Waals surface area contributed by atoms with Crippen LogP contribution >= 0.6 is 7.82 Å². The van der Waals surface area contributed by atoms with Crippen molar-refractivity contribution in [3.63, 3.8) is 0 Å². The Morgan fingerprint density at radius 3 is 1.80 bits per heavy atom. The summed E-state index contributed by atoms with van der Waals surface area (Å²) in [7, 11) is 1.21. The third-order valence-electron chi connectivity index (χ3n) is 7.67. The number of phosphoric ester groups is 1. The summed E-state index contributed by atoms with van der Waals surface area (Å²) in [6.07, 6.45) is 41.0. The Hall–Kier alpha value is -2.06. The van der Waals surface area contributed by atoms with Gasteiger partial charge in [0.05, 0.1) is 39.9 Å². The van der Waals surface area contributed by atoms with Gasteiger partial charge in [-0.1, -0.05) is 132 Å². The second kappa shape index (κ2) is 31.9. The van der Waals surface area contributed by atoms with Gasteiger partial charge in [-0.3, -0.25) is 9.36 Å². The highest BCUT2D eigenvalue weighted by Crippen LogP contribution is 2.38. The monoisotopic (exact) mass is 707 g/mol. The highest BCUT2D eigenvalue weighted by atomic mass is 31.2. The molecule has 0 aliphatic heterocycles. The fraction of sp³-hybridized carbons (Fsp3) is 0.675. The molecule has 0 aliphatic rings. The first-order chi connectivity index (χ1) is 23.5. The lowest BCUT2D eigenvalue weighted by Crippen LogP contribution is -2.45. The molecule has 0 bridgehead atoms. The van der Waals surface area contributed by atoms with Crippen LogP contribution in [0.2, 0.25) is 0 Å². The van der Waals surface area contributed by atoms with Crippen molar-refractivity contribution in [1.82, 2.24) is 5.32 Å². The van der Waals surface area contributed by atoms with Gasteiger partial charge in [0.1, 0.15) is 13.2 Å². The van der Waals surface area contributed by atoms with Gasteiger partial charge in [0, 0.05) is 6.42 Å². The SMILES string of the molecule is CC/C=C\C/C=C\C/C=C\C/C=C\C/C=C\CCCC(=O)NC(COP(=O)([O-])OCC[N+](C)(C)C)C(O)/C=C/CCCCCCCCCC. The number of carbonyl (C=O) groups excluding carboxylic acids is 1. The van der Waals surface area contributed by atoms with Crippen LogP contribution in [-0.2, 0) is 18.4 Å². The number of rotatable bonds is 32. The summed E-state index contributed by atoms with van der Waals surface area (Å²) >= 11 is 0. The van der Waals surface area contributed by atoms with E-state index in [0.717, 1.165) is 57.8 Å². The first kappa shape index (κ1) is 46.9. The largest absolute Gasteiger partial charge is 0.756 e. The molecule has 0 aliphatic carbocycles. The average molecular weight is 707 g/mol. The van der Waals surface area contributed by atoms with E-state index in [-0.39, 0.29) is 18.9 Å². The number of aliphatic hydroxyl groups is 1. The number of hydrogen-bond donors (Lipinski definition) is 2. The van der Waals surface area contributed by atoms with Crippen LogP contribution in [0.4, 0.5) is 0 Å². The zero-order valence-corrected chi connectivity index (χ0v) is 32.5. The molecule has 3 unspecified atom stereocenters. The molecule has 282 valence electrons. The molecule has 0 radical (unpaired) electrons. The Morgan fingerprint density at radius 2 is 1.24 bits per heavy atom. The Kier molecular flexibility index (Phi) is 30.5. The number of hydrogen-bond acceptors (Lipinski definition) is 6. The average Bonchev–Trinajstić information content (AvgIpc) is 3.04. The third kappa shape index (κ3) is 34.2. The zero-order chi connectivity index (χ0) is 36.5. The first-order valence-corrected chi connectivity index (χ1v) is 20.3. The zero-order valence-electron chi connectivity index (χ0n) is 31.6. The van der Waals surface area contributed by atoms with Crippen molar-refractivity contribution in [3.05, 3.63) is 72.9 Å². The molecule has 2 N–H and O–H groups in total. The maximum atomic E-state index is 12.7. The molecule has 0 aromatic rings. The molecule has 0 spiro atoms. The molecular weight excluding hydrogens is 635 g/mol. The Labute approximate surface area is 300 Å². The number of phosphoric acid groups is 1. The van der Waals surface area contributed by atoms with Gasteiger partial charge in [-0.05, 0) is 57.8 Å². The molecule has 9 heteroatoms. The van der Waals surface area contributed by atoms with Gasteiger partial charge in [-0.2, -0.15) is 0 Å². The third-order valence-corrected chi connectivity index (χ3v) is 8.64. The molecule has 1 amide bonds. The molecule has 49 heavy (non-hydrogen) atoms. The fourth-order valence-corrected chi connectivity index (χ4v) is 5.38. The van der Waals surface area contributed by atoms with Crippen molar-refractivity contribution < 1.29 is 32.9 Å². The maximum Gasteiger partial charge on any atom is 0.268 e. The van der Waals surface area contributed by atoms with Crippen molar-refractivity contribution >= 4 is 13.7 Å². The predicted molar refractivity (Wildman–Crippen MR) is 205 cm³/mol. The summed E-state index contributed by atoms with van der Waals surface area (Å²) in [6.45, 7) is 4.42. The highest BCUT2D eigenvalue weighted by Gasteiger charge is 2.23. The highest BCUT2D eigenvalue weighted by molar-refractivity contribution is 7.45. The van der Waals surface area contributed by atoms with Crippen LogP contribution in [0.3, 0.4) is 0 Å². The van der Waals surface area contributed by atoms with E-state index in [1.807, 2.05) is 27.2 Å². The van der Waals surface area contributed by atoms with E-state index < -0.39 is 26.6 Å². The number of allylic oxidation sites excluding steroid dienone is 11. The van der Waals surface area contributed by atoms with Gasteiger partial charge in [0.25, 0.3) is 7.82 Å². The topological polar surface area (TPSA) is 108 Å². The quantitative estimate of drug-likeness (QED) is 0.0313. The molecule has 0 fully saturated rings.